The highest BCUT2D eigenvalue weighted by atomic mass is 14.9. The molecular weight excluding hydrogens is 324 g/mol. The maximum atomic E-state index is 2.46. The summed E-state index contributed by atoms with van der Waals surface area (Å²) >= 11 is 0. The highest BCUT2D eigenvalue weighted by Crippen LogP contribution is 2.93. The molecule has 136 valence electrons. The zero-order valence-electron chi connectivity index (χ0n) is 16.0. The normalized spacial score (nSPS) is 55.0. The average Bonchev–Trinajstić information content (AvgIpc) is 2.72. The van der Waals surface area contributed by atoms with Gasteiger partial charge in [0.2, 0.25) is 0 Å². The molecule has 0 heterocycles. The summed E-state index contributed by atoms with van der Waals surface area (Å²) in [5.41, 5.74) is 5.91. The van der Waals surface area contributed by atoms with Crippen molar-refractivity contribution in [2.75, 3.05) is 0 Å². The van der Waals surface area contributed by atoms with Gasteiger partial charge in [-0.2, -0.15) is 0 Å². The molecule has 9 saturated carbocycles. The van der Waals surface area contributed by atoms with E-state index in [1.165, 1.54) is 38.5 Å². The fourth-order valence-corrected chi connectivity index (χ4v) is 10.9. The van der Waals surface area contributed by atoms with E-state index in [-0.39, 0.29) is 0 Å². The van der Waals surface area contributed by atoms with Gasteiger partial charge in [-0.1, -0.05) is 60.7 Å². The molecule has 27 heavy (non-hydrogen) atoms. The first kappa shape index (κ1) is 14.4. The molecule has 0 N–H and O–H groups in total. The van der Waals surface area contributed by atoms with E-state index in [0.717, 1.165) is 34.5 Å². The minimum absolute atomic E-state index is 0.537. The molecule has 2 aromatic carbocycles. The quantitative estimate of drug-likeness (QED) is 0.611. The van der Waals surface area contributed by atoms with Gasteiger partial charge in [0.05, 0.1) is 0 Å². The van der Waals surface area contributed by atoms with Gasteiger partial charge in [0, 0.05) is 0 Å². The first-order chi connectivity index (χ1) is 13.2. The van der Waals surface area contributed by atoms with Gasteiger partial charge < -0.3 is 0 Å². The third-order valence-corrected chi connectivity index (χ3v) is 11.1. The largest absolute Gasteiger partial charge is 0.0622 e. The molecule has 8 bridgehead atoms. The van der Waals surface area contributed by atoms with Crippen LogP contribution in [0, 0.1) is 34.5 Å². The Morgan fingerprint density at radius 1 is 0.556 bits per heavy atom. The van der Waals surface area contributed by atoms with E-state index >= 15 is 0 Å². The molecule has 9 aliphatic carbocycles. The average molecular weight is 353 g/mol. The highest BCUT2D eigenvalue weighted by molar-refractivity contribution is 5.45. The predicted molar refractivity (Wildman–Crippen MR) is 107 cm³/mol. The van der Waals surface area contributed by atoms with E-state index in [9.17, 15) is 0 Å². The van der Waals surface area contributed by atoms with Crippen molar-refractivity contribution >= 4 is 0 Å². The van der Waals surface area contributed by atoms with E-state index in [1.807, 2.05) is 0 Å². The Hall–Kier alpha value is -1.56. The van der Waals surface area contributed by atoms with Gasteiger partial charge in [0.25, 0.3) is 0 Å². The molecule has 0 aliphatic heterocycles. The topological polar surface area (TPSA) is 0 Å². The molecule has 2 unspecified atom stereocenters. The molecule has 0 saturated heterocycles. The van der Waals surface area contributed by atoms with Crippen LogP contribution in [0.2, 0.25) is 0 Å². The predicted octanol–water partition coefficient (Wildman–Crippen LogP) is 6.11. The fourth-order valence-electron chi connectivity index (χ4n) is 10.9. The number of rotatable bonds is 2. The van der Waals surface area contributed by atoms with E-state index < -0.39 is 0 Å². The minimum Gasteiger partial charge on any atom is -0.0622 e. The molecule has 4 atom stereocenters. The van der Waals surface area contributed by atoms with Gasteiger partial charge in [-0.25, -0.2) is 0 Å². The smallest absolute Gasteiger partial charge is 0.00332 e. The van der Waals surface area contributed by atoms with Gasteiger partial charge in [-0.3, -0.25) is 0 Å². The summed E-state index contributed by atoms with van der Waals surface area (Å²) in [6.45, 7) is 0. The maximum absolute atomic E-state index is 2.46. The van der Waals surface area contributed by atoms with Crippen LogP contribution in [-0.4, -0.2) is 0 Å². The van der Waals surface area contributed by atoms with Crippen molar-refractivity contribution in [1.29, 1.82) is 0 Å². The van der Waals surface area contributed by atoms with Crippen LogP contribution in [-0.2, 0) is 10.8 Å². The molecule has 9 aliphatic rings. The maximum Gasteiger partial charge on any atom is -0.00332 e. The van der Waals surface area contributed by atoms with Crippen LogP contribution in [0.3, 0.4) is 0 Å². The van der Waals surface area contributed by atoms with Gasteiger partial charge in [0.1, 0.15) is 0 Å². The Bertz CT molecular complexity index is 908. The first-order valence-corrected chi connectivity index (χ1v) is 11.3. The molecule has 0 radical (unpaired) electrons. The van der Waals surface area contributed by atoms with Gasteiger partial charge in [-0.05, 0) is 101 Å². The standard InChI is InChI=1S/C27H28/c1-3-7-18(8-4-1)24-12-21-20-11-25(19-9-5-2-6-10-19)15-26(21)17-27(16-25,22(20)13-24)23(26)14-24/h1-10,20-23H,11-17H2/t20?,21-,22-,23?,24?,25?,26?,27?/m1/s1. The Kier molecular flexibility index (Phi) is 2.18. The lowest BCUT2D eigenvalue weighted by Crippen LogP contribution is -2.85. The van der Waals surface area contributed by atoms with Gasteiger partial charge in [0.15, 0.2) is 0 Å². The van der Waals surface area contributed by atoms with Gasteiger partial charge in [-0.15, -0.1) is 0 Å². The molecule has 0 nitrogen and oxygen atoms in total. The highest BCUT2D eigenvalue weighted by Gasteiger charge is 2.86. The van der Waals surface area contributed by atoms with Crippen LogP contribution in [0.5, 0.6) is 0 Å². The molecule has 0 aromatic heterocycles. The second-order valence-corrected chi connectivity index (χ2v) is 11.5. The molecule has 2 spiro atoms. The zero-order valence-corrected chi connectivity index (χ0v) is 16.0. The minimum atomic E-state index is 0.537. The van der Waals surface area contributed by atoms with Crippen LogP contribution in [0.1, 0.15) is 56.1 Å². The summed E-state index contributed by atoms with van der Waals surface area (Å²) in [5.74, 6) is 4.16. The second kappa shape index (κ2) is 4.07. The summed E-state index contributed by atoms with van der Waals surface area (Å²) in [5, 5.41) is 0. The number of benzene rings is 2. The third kappa shape index (κ3) is 1.32. The Morgan fingerprint density at radius 3 is 1.70 bits per heavy atom. The lowest BCUT2D eigenvalue weighted by atomic mass is 9.13. The van der Waals surface area contributed by atoms with E-state index in [1.54, 1.807) is 17.5 Å². The number of hydrogen-bond acceptors (Lipinski definition) is 0. The first-order valence-electron chi connectivity index (χ1n) is 11.3. The van der Waals surface area contributed by atoms with Crippen molar-refractivity contribution in [3.8, 4) is 0 Å². The van der Waals surface area contributed by atoms with Crippen molar-refractivity contribution in [2.24, 2.45) is 34.5 Å². The van der Waals surface area contributed by atoms with Crippen LogP contribution < -0.4 is 0 Å². The summed E-state index contributed by atoms with van der Waals surface area (Å²) in [6, 6.07) is 23.4. The third-order valence-electron chi connectivity index (χ3n) is 11.1. The van der Waals surface area contributed by atoms with Crippen molar-refractivity contribution < 1.29 is 0 Å². The molecule has 11 rings (SSSR count). The van der Waals surface area contributed by atoms with Crippen LogP contribution in [0.4, 0.5) is 0 Å². The van der Waals surface area contributed by atoms with E-state index in [2.05, 4.69) is 60.7 Å². The van der Waals surface area contributed by atoms with Crippen molar-refractivity contribution in [3.05, 3.63) is 71.8 Å². The van der Waals surface area contributed by atoms with Crippen LogP contribution >= 0.6 is 0 Å². The summed E-state index contributed by atoms with van der Waals surface area (Å²) in [7, 11) is 0. The van der Waals surface area contributed by atoms with Crippen molar-refractivity contribution in [1.82, 2.24) is 0 Å². The lowest BCUT2D eigenvalue weighted by molar-refractivity contribution is -0.398. The molecule has 0 heteroatoms. The van der Waals surface area contributed by atoms with Crippen molar-refractivity contribution in [2.45, 2.75) is 55.8 Å². The monoisotopic (exact) mass is 352 g/mol. The summed E-state index contributed by atoms with van der Waals surface area (Å²) in [4.78, 5) is 0. The summed E-state index contributed by atoms with van der Waals surface area (Å²) < 4.78 is 0. The molecule has 2 aromatic rings. The number of hydrogen-bond donors (Lipinski definition) is 0. The van der Waals surface area contributed by atoms with E-state index in [4.69, 9.17) is 0 Å². The fraction of sp³-hybridized carbons (Fsp3) is 0.556. The SMILES string of the molecule is c1ccc(C23CC4C56CC7(c8ccccc8)CC([C@H]5C2)[C@@H](C3)C4(C7)C6)cc1. The Balaban J connectivity index is 1.28. The lowest BCUT2D eigenvalue weighted by Gasteiger charge is -2.91. The Labute approximate surface area is 162 Å². The van der Waals surface area contributed by atoms with Crippen molar-refractivity contribution in [3.63, 3.8) is 0 Å². The Morgan fingerprint density at radius 2 is 1.11 bits per heavy atom. The molecule has 9 fully saturated rings. The summed E-state index contributed by atoms with van der Waals surface area (Å²) in [6.07, 6.45) is 10.7. The molecule has 0 amide bonds. The second-order valence-electron chi connectivity index (χ2n) is 11.5. The van der Waals surface area contributed by atoms with E-state index in [0.29, 0.717) is 10.8 Å². The van der Waals surface area contributed by atoms with Crippen LogP contribution in [0.15, 0.2) is 60.7 Å². The van der Waals surface area contributed by atoms with Crippen LogP contribution in [0.25, 0.3) is 0 Å². The van der Waals surface area contributed by atoms with Gasteiger partial charge >= 0.3 is 0 Å². The molecular formula is C27H28. The zero-order chi connectivity index (χ0) is 17.5.